The highest BCUT2D eigenvalue weighted by molar-refractivity contribution is 7.15. The Hall–Kier alpha value is -1.14. The number of urea groups is 1. The van der Waals surface area contributed by atoms with Crippen LogP contribution in [0.2, 0.25) is 0 Å². The van der Waals surface area contributed by atoms with Crippen LogP contribution >= 0.6 is 11.3 Å². The fourth-order valence-corrected chi connectivity index (χ4v) is 2.45. The molecule has 0 radical (unpaired) electrons. The minimum atomic E-state index is -0.184. The molecule has 2 amide bonds. The highest BCUT2D eigenvalue weighted by Gasteiger charge is 2.15. The highest BCUT2D eigenvalue weighted by atomic mass is 32.1. The van der Waals surface area contributed by atoms with Crippen molar-refractivity contribution in [2.45, 2.75) is 19.9 Å². The van der Waals surface area contributed by atoms with Gasteiger partial charge in [0.2, 0.25) is 0 Å². The monoisotopic (exact) mass is 226 g/mol. The Labute approximate surface area is 92.3 Å². The van der Waals surface area contributed by atoms with E-state index in [9.17, 15) is 4.79 Å². The molecule has 2 rings (SSSR count). The van der Waals surface area contributed by atoms with Gasteiger partial charge >= 0.3 is 6.03 Å². The van der Waals surface area contributed by atoms with Crippen LogP contribution in [-0.4, -0.2) is 24.1 Å². The van der Waals surface area contributed by atoms with Gasteiger partial charge < -0.3 is 10.6 Å². The molecule has 0 saturated carbocycles. The van der Waals surface area contributed by atoms with Crippen LogP contribution in [0.25, 0.3) is 0 Å². The summed E-state index contributed by atoms with van der Waals surface area (Å²) < 4.78 is 0. The summed E-state index contributed by atoms with van der Waals surface area (Å²) >= 11 is 1.54. The van der Waals surface area contributed by atoms with Crippen LogP contribution in [0.3, 0.4) is 0 Å². The average molecular weight is 226 g/mol. The molecule has 0 unspecified atom stereocenters. The van der Waals surface area contributed by atoms with Gasteiger partial charge in [-0.25, -0.2) is 9.78 Å². The first kappa shape index (κ1) is 10.4. The molecule has 0 fully saturated rings. The molecule has 1 aromatic heterocycles. The minimum absolute atomic E-state index is 0.184. The fraction of sp³-hybridized carbons (Fsp3) is 0.556. The first-order valence-electron chi connectivity index (χ1n) is 5.03. The van der Waals surface area contributed by atoms with Crippen LogP contribution in [-0.2, 0) is 13.0 Å². The van der Waals surface area contributed by atoms with Crippen molar-refractivity contribution in [2.24, 2.45) is 0 Å². The quantitative estimate of drug-likeness (QED) is 0.703. The predicted octanol–water partition coefficient (Wildman–Crippen LogP) is 0.930. The van der Waals surface area contributed by atoms with E-state index in [4.69, 9.17) is 0 Å². The topological polar surface area (TPSA) is 66.0 Å². The molecule has 1 aromatic rings. The minimum Gasteiger partial charge on any atom is -0.338 e. The zero-order valence-electron chi connectivity index (χ0n) is 8.59. The van der Waals surface area contributed by atoms with Gasteiger partial charge in [-0.3, -0.25) is 5.32 Å². The number of fused-ring (bicyclic) bond motifs is 1. The van der Waals surface area contributed by atoms with Crippen molar-refractivity contribution >= 4 is 22.5 Å². The van der Waals surface area contributed by atoms with E-state index in [-0.39, 0.29) is 6.03 Å². The summed E-state index contributed by atoms with van der Waals surface area (Å²) in [5.74, 6) is 0. The van der Waals surface area contributed by atoms with E-state index in [2.05, 4.69) is 20.9 Å². The number of aromatic nitrogens is 1. The maximum Gasteiger partial charge on any atom is 0.321 e. The van der Waals surface area contributed by atoms with Crippen molar-refractivity contribution in [3.05, 3.63) is 10.6 Å². The Morgan fingerprint density at radius 3 is 3.27 bits per heavy atom. The largest absolute Gasteiger partial charge is 0.338 e. The zero-order valence-corrected chi connectivity index (χ0v) is 9.41. The van der Waals surface area contributed by atoms with E-state index in [1.54, 1.807) is 11.3 Å². The van der Waals surface area contributed by atoms with Gasteiger partial charge in [0.15, 0.2) is 5.13 Å². The lowest BCUT2D eigenvalue weighted by atomic mass is 10.2. The molecule has 6 heteroatoms. The second kappa shape index (κ2) is 4.59. The molecule has 0 spiro atoms. The number of nitrogens with zero attached hydrogens (tertiary/aromatic N) is 1. The van der Waals surface area contributed by atoms with E-state index in [0.717, 1.165) is 25.2 Å². The second-order valence-electron chi connectivity index (χ2n) is 3.30. The zero-order chi connectivity index (χ0) is 10.7. The van der Waals surface area contributed by atoms with E-state index in [1.165, 1.54) is 4.88 Å². The van der Waals surface area contributed by atoms with Gasteiger partial charge in [-0.05, 0) is 6.92 Å². The Kier molecular flexibility index (Phi) is 3.17. The third-order valence-electron chi connectivity index (χ3n) is 2.16. The second-order valence-corrected chi connectivity index (χ2v) is 4.38. The van der Waals surface area contributed by atoms with Crippen LogP contribution in [0, 0.1) is 0 Å². The summed E-state index contributed by atoms with van der Waals surface area (Å²) in [6.07, 6.45) is 0.947. The van der Waals surface area contributed by atoms with Gasteiger partial charge in [0.25, 0.3) is 0 Å². The molecule has 0 aromatic carbocycles. The van der Waals surface area contributed by atoms with Gasteiger partial charge in [-0.2, -0.15) is 0 Å². The van der Waals surface area contributed by atoms with Gasteiger partial charge in [0, 0.05) is 30.9 Å². The Morgan fingerprint density at radius 2 is 2.53 bits per heavy atom. The standard InChI is InChI=1S/C9H14N4OS/c1-2-11-8(14)13-9-12-6-3-4-10-5-7(6)15-9/h10H,2-5H2,1H3,(H2,11,12,13,14). The molecule has 3 N–H and O–H groups in total. The Morgan fingerprint density at radius 1 is 1.67 bits per heavy atom. The van der Waals surface area contributed by atoms with E-state index in [1.807, 2.05) is 6.92 Å². The summed E-state index contributed by atoms with van der Waals surface area (Å²) in [5, 5.41) is 9.37. The number of thiazole rings is 1. The molecule has 82 valence electrons. The van der Waals surface area contributed by atoms with Crippen molar-refractivity contribution < 1.29 is 4.79 Å². The molecular weight excluding hydrogens is 212 g/mol. The average Bonchev–Trinajstić information content (AvgIpc) is 2.59. The van der Waals surface area contributed by atoms with Crippen molar-refractivity contribution in [3.63, 3.8) is 0 Å². The highest BCUT2D eigenvalue weighted by Crippen LogP contribution is 2.24. The molecule has 1 aliphatic heterocycles. The maximum absolute atomic E-state index is 11.3. The number of nitrogens with one attached hydrogen (secondary N) is 3. The number of carbonyl (C=O) groups is 1. The number of hydrogen-bond donors (Lipinski definition) is 3. The Balaban J connectivity index is 2.03. The van der Waals surface area contributed by atoms with Crippen molar-refractivity contribution in [1.82, 2.24) is 15.6 Å². The third-order valence-corrected chi connectivity index (χ3v) is 3.17. The number of anilines is 1. The number of rotatable bonds is 2. The Bertz CT molecular complexity index is 339. The number of hydrogen-bond acceptors (Lipinski definition) is 4. The lowest BCUT2D eigenvalue weighted by molar-refractivity contribution is 0.252. The normalized spacial score (nSPS) is 14.5. The van der Waals surface area contributed by atoms with Gasteiger partial charge in [-0.15, -0.1) is 11.3 Å². The smallest absolute Gasteiger partial charge is 0.321 e. The van der Waals surface area contributed by atoms with Crippen molar-refractivity contribution in [3.8, 4) is 0 Å². The molecule has 1 aliphatic rings. The lowest BCUT2D eigenvalue weighted by Gasteiger charge is -2.09. The number of carbonyl (C=O) groups excluding carboxylic acids is 1. The first-order chi connectivity index (χ1) is 7.29. The van der Waals surface area contributed by atoms with Crippen LogP contribution in [0.4, 0.5) is 9.93 Å². The summed E-state index contributed by atoms with van der Waals surface area (Å²) in [5.41, 5.74) is 1.12. The molecule has 0 saturated heterocycles. The van der Waals surface area contributed by atoms with Gasteiger partial charge in [0.1, 0.15) is 0 Å². The van der Waals surface area contributed by atoms with Crippen LogP contribution in [0.15, 0.2) is 0 Å². The summed E-state index contributed by atoms with van der Waals surface area (Å²) in [6, 6.07) is -0.184. The summed E-state index contributed by atoms with van der Waals surface area (Å²) in [6.45, 7) is 4.34. The summed E-state index contributed by atoms with van der Waals surface area (Å²) in [7, 11) is 0. The van der Waals surface area contributed by atoms with Crippen LogP contribution < -0.4 is 16.0 Å². The lowest BCUT2D eigenvalue weighted by Crippen LogP contribution is -2.28. The predicted molar refractivity (Wildman–Crippen MR) is 60.2 cm³/mol. The third kappa shape index (κ3) is 2.45. The summed E-state index contributed by atoms with van der Waals surface area (Å²) in [4.78, 5) is 16.9. The molecule has 0 aliphatic carbocycles. The van der Waals surface area contributed by atoms with Gasteiger partial charge in [0.05, 0.1) is 5.69 Å². The molecule has 2 heterocycles. The number of amides is 2. The molecule has 5 nitrogen and oxygen atoms in total. The maximum atomic E-state index is 11.3. The van der Waals surface area contributed by atoms with Crippen LogP contribution in [0.5, 0.6) is 0 Å². The van der Waals surface area contributed by atoms with E-state index < -0.39 is 0 Å². The molecule has 0 atom stereocenters. The van der Waals surface area contributed by atoms with E-state index in [0.29, 0.717) is 11.7 Å². The van der Waals surface area contributed by atoms with Crippen molar-refractivity contribution in [1.29, 1.82) is 0 Å². The molecule has 15 heavy (non-hydrogen) atoms. The fourth-order valence-electron chi connectivity index (χ4n) is 1.48. The van der Waals surface area contributed by atoms with Gasteiger partial charge in [-0.1, -0.05) is 0 Å². The molecular formula is C9H14N4OS. The molecule has 0 bridgehead atoms. The SMILES string of the molecule is CCNC(=O)Nc1nc2c(s1)CNCC2. The first-order valence-corrected chi connectivity index (χ1v) is 5.85. The van der Waals surface area contributed by atoms with Crippen molar-refractivity contribution in [2.75, 3.05) is 18.4 Å². The van der Waals surface area contributed by atoms with Crippen LogP contribution in [0.1, 0.15) is 17.5 Å². The van der Waals surface area contributed by atoms with E-state index >= 15 is 0 Å².